The van der Waals surface area contributed by atoms with Crippen LogP contribution in [0, 0.1) is 10.1 Å². The summed E-state index contributed by atoms with van der Waals surface area (Å²) in [6, 6.07) is 12.4. The van der Waals surface area contributed by atoms with E-state index >= 15 is 0 Å². The Morgan fingerprint density at radius 1 is 0.733 bits per heavy atom. The molecule has 0 N–H and O–H groups in total. The van der Waals surface area contributed by atoms with E-state index in [1.807, 2.05) is 74.4 Å². The molecule has 6 heteroatoms. The van der Waals surface area contributed by atoms with E-state index in [9.17, 15) is 15.3 Å². The van der Waals surface area contributed by atoms with Gasteiger partial charge in [0, 0.05) is 53.8 Å². The third kappa shape index (κ3) is 5.37. The van der Waals surface area contributed by atoms with Crippen LogP contribution in [-0.4, -0.2) is 21.4 Å². The third-order valence-electron chi connectivity index (χ3n) is 4.63. The van der Waals surface area contributed by atoms with E-state index < -0.39 is 16.6 Å². The van der Waals surface area contributed by atoms with E-state index in [2.05, 4.69) is 0 Å². The Morgan fingerprint density at radius 3 is 1.67 bits per heavy atom. The summed E-state index contributed by atoms with van der Waals surface area (Å²) in [5, 5.41) is 27.6. The van der Waals surface area contributed by atoms with Crippen molar-refractivity contribution in [2.45, 2.75) is 78.9 Å². The molecule has 0 saturated heterocycles. The standard InChI is InChI=1S/C24H34N3O3/c1-22(2,3)25(28)19-12-10-17(11-13-19)18-14-20(26(29)23(4,5)6)16-21(15-18)27(30)24(7,8)9/h10-16H,1-9H3. The van der Waals surface area contributed by atoms with Crippen molar-refractivity contribution < 1.29 is 9.97 Å². The van der Waals surface area contributed by atoms with Gasteiger partial charge in [0.1, 0.15) is 0 Å². The highest BCUT2D eigenvalue weighted by Crippen LogP contribution is 2.36. The topological polar surface area (TPSA) is 69.5 Å². The SMILES string of the molecule is CC(C)(C)N([O])c1cc(-c2ccc([N+](=O)C(C)(C)C)cc2)cc(N([O-])C(C)(C)C)c1. The number of rotatable bonds is 4. The van der Waals surface area contributed by atoms with E-state index in [-0.39, 0.29) is 0 Å². The van der Waals surface area contributed by atoms with Crippen LogP contribution in [0.5, 0.6) is 0 Å². The van der Waals surface area contributed by atoms with Crippen molar-refractivity contribution in [3.63, 3.8) is 0 Å². The first kappa shape index (κ1) is 23.8. The van der Waals surface area contributed by atoms with Crippen LogP contribution in [0.1, 0.15) is 62.3 Å². The Hall–Kier alpha value is -2.44. The lowest BCUT2D eigenvalue weighted by molar-refractivity contribution is -0.540. The molecule has 0 amide bonds. The summed E-state index contributed by atoms with van der Waals surface area (Å²) in [7, 11) is 0. The van der Waals surface area contributed by atoms with Crippen molar-refractivity contribution in [3.8, 4) is 11.1 Å². The van der Waals surface area contributed by atoms with Crippen molar-refractivity contribution >= 4 is 17.1 Å². The van der Waals surface area contributed by atoms with Crippen LogP contribution in [0.15, 0.2) is 42.5 Å². The summed E-state index contributed by atoms with van der Waals surface area (Å²) in [6.45, 7) is 16.5. The second-order valence-electron chi connectivity index (χ2n) is 10.7. The van der Waals surface area contributed by atoms with Gasteiger partial charge in [-0.2, -0.15) is 0 Å². The molecule has 2 aromatic rings. The maximum absolute atomic E-state index is 12.9. The van der Waals surface area contributed by atoms with Gasteiger partial charge in [0.15, 0.2) is 0 Å². The van der Waals surface area contributed by atoms with E-state index in [1.165, 1.54) is 0 Å². The van der Waals surface area contributed by atoms with Crippen molar-refractivity contribution in [1.29, 1.82) is 0 Å². The zero-order valence-electron chi connectivity index (χ0n) is 19.6. The predicted molar refractivity (Wildman–Crippen MR) is 123 cm³/mol. The first-order valence-electron chi connectivity index (χ1n) is 10.2. The van der Waals surface area contributed by atoms with Crippen LogP contribution in [0.2, 0.25) is 0 Å². The number of nitrogens with zero attached hydrogens (tertiary/aromatic N) is 3. The Bertz CT molecular complexity index is 863. The molecule has 0 spiro atoms. The molecule has 2 aromatic carbocycles. The largest absolute Gasteiger partial charge is 0.758 e. The fraction of sp³-hybridized carbons (Fsp3) is 0.500. The lowest BCUT2D eigenvalue weighted by Crippen LogP contribution is -2.38. The minimum Gasteiger partial charge on any atom is -0.758 e. The van der Waals surface area contributed by atoms with E-state index in [1.54, 1.807) is 30.3 Å². The summed E-state index contributed by atoms with van der Waals surface area (Å²) in [5.41, 5.74) is 1.14. The van der Waals surface area contributed by atoms with Crippen molar-refractivity contribution in [2.75, 3.05) is 10.1 Å². The fourth-order valence-corrected chi connectivity index (χ4v) is 2.95. The first-order chi connectivity index (χ1) is 13.5. The van der Waals surface area contributed by atoms with E-state index in [0.29, 0.717) is 17.1 Å². The average Bonchev–Trinajstić information content (AvgIpc) is 2.63. The summed E-state index contributed by atoms with van der Waals surface area (Å²) in [5.74, 6) is 0. The number of hydrogen-bond donors (Lipinski definition) is 0. The van der Waals surface area contributed by atoms with Gasteiger partial charge in [-0.05, 0) is 83.0 Å². The minimum absolute atomic E-state index is 0.421. The zero-order valence-corrected chi connectivity index (χ0v) is 19.6. The molecule has 0 saturated carbocycles. The molecule has 0 heterocycles. The summed E-state index contributed by atoms with van der Waals surface area (Å²) in [4.78, 5) is 12.4. The highest BCUT2D eigenvalue weighted by atomic mass is 16.5. The van der Waals surface area contributed by atoms with E-state index in [0.717, 1.165) is 26.0 Å². The van der Waals surface area contributed by atoms with Crippen LogP contribution in [0.3, 0.4) is 0 Å². The van der Waals surface area contributed by atoms with Crippen molar-refractivity contribution in [2.24, 2.45) is 0 Å². The van der Waals surface area contributed by atoms with Crippen molar-refractivity contribution in [3.05, 3.63) is 52.6 Å². The molecule has 6 nitrogen and oxygen atoms in total. The monoisotopic (exact) mass is 412 g/mol. The molecule has 0 aliphatic carbocycles. The van der Waals surface area contributed by atoms with Gasteiger partial charge in [-0.15, -0.1) is 0 Å². The number of benzene rings is 2. The number of hydrogen-bond acceptors (Lipinski definition) is 4. The fourth-order valence-electron chi connectivity index (χ4n) is 2.95. The zero-order chi connectivity index (χ0) is 23.1. The third-order valence-corrected chi connectivity index (χ3v) is 4.63. The molecule has 2 rings (SSSR count). The molecule has 163 valence electrons. The molecular weight excluding hydrogens is 378 g/mol. The number of nitroso groups, excluding NO2 is 1. The van der Waals surface area contributed by atoms with Gasteiger partial charge in [-0.25, -0.2) is 5.06 Å². The summed E-state index contributed by atoms with van der Waals surface area (Å²) in [6.07, 6.45) is 0. The van der Waals surface area contributed by atoms with Gasteiger partial charge < -0.3 is 10.3 Å². The second-order valence-corrected chi connectivity index (χ2v) is 10.7. The van der Waals surface area contributed by atoms with Crippen LogP contribution in [0.4, 0.5) is 17.1 Å². The van der Waals surface area contributed by atoms with Gasteiger partial charge in [0.2, 0.25) is 5.54 Å². The van der Waals surface area contributed by atoms with Gasteiger partial charge in [0.25, 0.3) is 5.69 Å². The van der Waals surface area contributed by atoms with Crippen molar-refractivity contribution in [1.82, 2.24) is 0 Å². The molecule has 1 radical (unpaired) electrons. The minimum atomic E-state index is -0.648. The summed E-state index contributed by atoms with van der Waals surface area (Å²) < 4.78 is 0.969. The van der Waals surface area contributed by atoms with Gasteiger partial charge in [0.05, 0.1) is 11.2 Å². The normalized spacial score (nSPS) is 12.6. The Kier molecular flexibility index (Phi) is 6.36. The quantitative estimate of drug-likeness (QED) is 0.418. The Labute approximate surface area is 180 Å². The van der Waals surface area contributed by atoms with Gasteiger partial charge in [-0.3, -0.25) is 0 Å². The highest BCUT2D eigenvalue weighted by Gasteiger charge is 2.31. The maximum Gasteiger partial charge on any atom is 0.256 e. The van der Waals surface area contributed by atoms with Crippen LogP contribution in [0.25, 0.3) is 11.1 Å². The lowest BCUT2D eigenvalue weighted by atomic mass is 10.00. The van der Waals surface area contributed by atoms with Gasteiger partial charge in [-0.1, -0.05) is 5.21 Å². The molecular formula is C24H34N3O3. The maximum atomic E-state index is 12.9. The molecule has 0 unspecified atom stereocenters. The molecule has 30 heavy (non-hydrogen) atoms. The first-order valence-corrected chi connectivity index (χ1v) is 10.2. The number of hydroxylamine groups is 2. The second kappa shape index (κ2) is 8.00. The highest BCUT2D eigenvalue weighted by molar-refractivity contribution is 5.76. The van der Waals surface area contributed by atoms with Gasteiger partial charge >= 0.3 is 0 Å². The molecule has 0 bridgehead atoms. The average molecular weight is 413 g/mol. The van der Waals surface area contributed by atoms with Crippen LogP contribution >= 0.6 is 0 Å². The smallest absolute Gasteiger partial charge is 0.256 e. The molecule has 0 aromatic heterocycles. The summed E-state index contributed by atoms with van der Waals surface area (Å²) >= 11 is 0. The predicted octanol–water partition coefficient (Wildman–Crippen LogP) is 6.62. The Morgan fingerprint density at radius 2 is 1.23 bits per heavy atom. The van der Waals surface area contributed by atoms with Crippen LogP contribution in [-0.2, 0) is 5.21 Å². The lowest BCUT2D eigenvalue weighted by Gasteiger charge is -2.44. The molecule has 0 fully saturated rings. The van der Waals surface area contributed by atoms with Crippen LogP contribution < -0.4 is 10.1 Å². The molecule has 0 atom stereocenters. The number of anilines is 2. The Balaban J connectivity index is 2.57. The molecule has 0 aliphatic heterocycles. The van der Waals surface area contributed by atoms with E-state index in [4.69, 9.17) is 0 Å². The molecule has 0 aliphatic rings.